The minimum absolute atomic E-state index is 0.134. The first-order chi connectivity index (χ1) is 9.70. The molecule has 1 N–H and O–H groups in total. The Morgan fingerprint density at radius 3 is 2.55 bits per heavy atom. The van der Waals surface area contributed by atoms with Crippen molar-refractivity contribution >= 4 is 11.9 Å². The minimum Gasteiger partial charge on any atom is -0.493 e. The van der Waals surface area contributed by atoms with Crippen LogP contribution in [-0.4, -0.2) is 25.5 Å². The molecule has 2 aromatic rings. The van der Waals surface area contributed by atoms with E-state index in [2.05, 4.69) is 5.32 Å². The van der Waals surface area contributed by atoms with Crippen molar-refractivity contribution in [3.63, 3.8) is 0 Å². The maximum absolute atomic E-state index is 11.6. The summed E-state index contributed by atoms with van der Waals surface area (Å²) in [6.45, 7) is -0.266. The van der Waals surface area contributed by atoms with Crippen molar-refractivity contribution in [2.45, 2.75) is 0 Å². The van der Waals surface area contributed by atoms with E-state index in [4.69, 9.17) is 13.9 Å². The zero-order valence-corrected chi connectivity index (χ0v) is 10.8. The number of esters is 1. The summed E-state index contributed by atoms with van der Waals surface area (Å²) in [7, 11) is 1.48. The molecule has 0 fully saturated rings. The standard InChI is InChI=1S/C14H13NO5/c1-18-10-5-2-3-6-11(10)20-13(16)9-15-14(17)12-7-4-8-19-12/h2-8H,9H2,1H3,(H,15,17). The second-order valence-corrected chi connectivity index (χ2v) is 3.78. The lowest BCUT2D eigenvalue weighted by atomic mass is 10.3. The number of carbonyl (C=O) groups is 2. The molecule has 20 heavy (non-hydrogen) atoms. The third kappa shape index (κ3) is 3.38. The van der Waals surface area contributed by atoms with Gasteiger partial charge in [-0.05, 0) is 24.3 Å². The lowest BCUT2D eigenvalue weighted by Gasteiger charge is -2.08. The Hall–Kier alpha value is -2.76. The average molecular weight is 275 g/mol. The van der Waals surface area contributed by atoms with Crippen LogP contribution < -0.4 is 14.8 Å². The van der Waals surface area contributed by atoms with Crippen LogP contribution in [0.4, 0.5) is 0 Å². The molecule has 1 heterocycles. The fourth-order valence-electron chi connectivity index (χ4n) is 1.51. The van der Waals surface area contributed by atoms with E-state index in [1.165, 1.54) is 19.4 Å². The normalized spacial score (nSPS) is 9.85. The second kappa shape index (κ2) is 6.42. The van der Waals surface area contributed by atoms with Crippen molar-refractivity contribution in [2.24, 2.45) is 0 Å². The van der Waals surface area contributed by atoms with Gasteiger partial charge in [0.15, 0.2) is 17.3 Å². The molecule has 1 amide bonds. The van der Waals surface area contributed by atoms with Gasteiger partial charge in [0.1, 0.15) is 6.54 Å². The molecule has 0 aliphatic carbocycles. The quantitative estimate of drug-likeness (QED) is 0.662. The van der Waals surface area contributed by atoms with Gasteiger partial charge in [-0.25, -0.2) is 4.79 Å². The number of amides is 1. The van der Waals surface area contributed by atoms with E-state index >= 15 is 0 Å². The van der Waals surface area contributed by atoms with E-state index in [9.17, 15) is 9.59 Å². The highest BCUT2D eigenvalue weighted by molar-refractivity contribution is 5.93. The van der Waals surface area contributed by atoms with Crippen LogP contribution in [0.15, 0.2) is 47.1 Å². The largest absolute Gasteiger partial charge is 0.493 e. The summed E-state index contributed by atoms with van der Waals surface area (Å²) in [6, 6.07) is 9.83. The van der Waals surface area contributed by atoms with Crippen LogP contribution in [0, 0.1) is 0 Å². The number of ether oxygens (including phenoxy) is 2. The molecule has 0 atom stereocenters. The monoisotopic (exact) mass is 275 g/mol. The van der Waals surface area contributed by atoms with Crippen LogP contribution in [0.3, 0.4) is 0 Å². The molecule has 0 saturated carbocycles. The molecule has 2 rings (SSSR count). The predicted molar refractivity (Wildman–Crippen MR) is 69.7 cm³/mol. The number of rotatable bonds is 5. The third-order valence-electron chi connectivity index (χ3n) is 2.43. The molecule has 0 unspecified atom stereocenters. The van der Waals surface area contributed by atoms with Gasteiger partial charge in [0, 0.05) is 0 Å². The summed E-state index contributed by atoms with van der Waals surface area (Å²) in [5, 5.41) is 2.39. The summed E-state index contributed by atoms with van der Waals surface area (Å²) < 4.78 is 15.0. The zero-order valence-electron chi connectivity index (χ0n) is 10.8. The maximum atomic E-state index is 11.6. The molecule has 6 nitrogen and oxygen atoms in total. The number of hydrogen-bond acceptors (Lipinski definition) is 5. The van der Waals surface area contributed by atoms with Gasteiger partial charge in [-0.15, -0.1) is 0 Å². The van der Waals surface area contributed by atoms with Gasteiger partial charge in [-0.3, -0.25) is 4.79 Å². The van der Waals surface area contributed by atoms with Crippen molar-refractivity contribution in [1.29, 1.82) is 0 Å². The molecular formula is C14H13NO5. The fourth-order valence-corrected chi connectivity index (χ4v) is 1.51. The second-order valence-electron chi connectivity index (χ2n) is 3.78. The van der Waals surface area contributed by atoms with Gasteiger partial charge in [0.2, 0.25) is 0 Å². The number of nitrogens with one attached hydrogen (secondary N) is 1. The van der Waals surface area contributed by atoms with Crippen LogP contribution in [0.1, 0.15) is 10.6 Å². The Balaban J connectivity index is 1.88. The van der Waals surface area contributed by atoms with Crippen molar-refractivity contribution in [1.82, 2.24) is 5.32 Å². The van der Waals surface area contributed by atoms with Gasteiger partial charge in [0.05, 0.1) is 13.4 Å². The van der Waals surface area contributed by atoms with Gasteiger partial charge in [0.25, 0.3) is 5.91 Å². The average Bonchev–Trinajstić information content (AvgIpc) is 2.99. The molecule has 0 aliphatic heterocycles. The Labute approximate surface area is 115 Å². The number of para-hydroxylation sites is 2. The predicted octanol–water partition coefficient (Wildman–Crippen LogP) is 1.62. The van der Waals surface area contributed by atoms with E-state index in [0.29, 0.717) is 11.5 Å². The highest BCUT2D eigenvalue weighted by Gasteiger charge is 2.13. The fraction of sp³-hybridized carbons (Fsp3) is 0.143. The van der Waals surface area contributed by atoms with E-state index in [1.807, 2.05) is 0 Å². The number of hydrogen-bond donors (Lipinski definition) is 1. The van der Waals surface area contributed by atoms with Gasteiger partial charge >= 0.3 is 5.97 Å². The highest BCUT2D eigenvalue weighted by Crippen LogP contribution is 2.25. The number of furan rings is 1. The first-order valence-corrected chi connectivity index (χ1v) is 5.86. The maximum Gasteiger partial charge on any atom is 0.330 e. The molecule has 0 spiro atoms. The van der Waals surface area contributed by atoms with Crippen LogP contribution >= 0.6 is 0 Å². The molecule has 1 aromatic heterocycles. The van der Waals surface area contributed by atoms with Gasteiger partial charge in [-0.1, -0.05) is 12.1 Å². The number of methoxy groups -OCH3 is 1. The minimum atomic E-state index is -0.602. The Kier molecular flexibility index (Phi) is 4.39. The molecular weight excluding hydrogens is 262 g/mol. The summed E-state index contributed by atoms with van der Waals surface area (Å²) in [5.74, 6) is -0.207. The van der Waals surface area contributed by atoms with E-state index < -0.39 is 11.9 Å². The van der Waals surface area contributed by atoms with Crippen molar-refractivity contribution in [2.75, 3.05) is 13.7 Å². The molecule has 6 heteroatoms. The molecule has 104 valence electrons. The van der Waals surface area contributed by atoms with Gasteiger partial charge in [-0.2, -0.15) is 0 Å². The summed E-state index contributed by atoms with van der Waals surface area (Å²) in [6.07, 6.45) is 1.38. The number of benzene rings is 1. The van der Waals surface area contributed by atoms with Crippen LogP contribution in [-0.2, 0) is 4.79 Å². The lowest BCUT2D eigenvalue weighted by molar-refractivity contribution is -0.133. The van der Waals surface area contributed by atoms with E-state index in [0.717, 1.165) is 0 Å². The molecule has 0 aliphatic rings. The molecule has 0 saturated heterocycles. The van der Waals surface area contributed by atoms with Crippen LogP contribution in [0.25, 0.3) is 0 Å². The van der Waals surface area contributed by atoms with E-state index in [1.54, 1.807) is 30.3 Å². The van der Waals surface area contributed by atoms with Crippen molar-refractivity contribution in [3.8, 4) is 11.5 Å². The van der Waals surface area contributed by atoms with Crippen molar-refractivity contribution < 1.29 is 23.5 Å². The van der Waals surface area contributed by atoms with Crippen LogP contribution in [0.5, 0.6) is 11.5 Å². The SMILES string of the molecule is COc1ccccc1OC(=O)CNC(=O)c1ccco1. The zero-order chi connectivity index (χ0) is 14.4. The van der Waals surface area contributed by atoms with Crippen molar-refractivity contribution in [3.05, 3.63) is 48.4 Å². The Morgan fingerprint density at radius 1 is 1.15 bits per heavy atom. The summed E-state index contributed by atoms with van der Waals surface area (Å²) in [5.41, 5.74) is 0. The Morgan fingerprint density at radius 2 is 1.90 bits per heavy atom. The van der Waals surface area contributed by atoms with Crippen LogP contribution in [0.2, 0.25) is 0 Å². The lowest BCUT2D eigenvalue weighted by Crippen LogP contribution is -2.31. The summed E-state index contributed by atoms with van der Waals surface area (Å²) >= 11 is 0. The summed E-state index contributed by atoms with van der Waals surface area (Å²) in [4.78, 5) is 23.2. The topological polar surface area (TPSA) is 77.8 Å². The molecule has 1 aromatic carbocycles. The molecule has 0 radical (unpaired) electrons. The first kappa shape index (κ1) is 13.7. The highest BCUT2D eigenvalue weighted by atomic mass is 16.6. The Bertz CT molecular complexity index is 591. The smallest absolute Gasteiger partial charge is 0.330 e. The molecule has 0 bridgehead atoms. The number of carbonyl (C=O) groups excluding carboxylic acids is 2. The first-order valence-electron chi connectivity index (χ1n) is 5.86. The van der Waals surface area contributed by atoms with E-state index in [-0.39, 0.29) is 12.3 Å². The third-order valence-corrected chi connectivity index (χ3v) is 2.43. The van der Waals surface area contributed by atoms with Gasteiger partial charge < -0.3 is 19.2 Å².